The first-order valence-electron chi connectivity index (χ1n) is 6.47. The van der Waals surface area contributed by atoms with Gasteiger partial charge in [0.25, 0.3) is 0 Å². The molecule has 0 aliphatic rings. The fourth-order valence-electron chi connectivity index (χ4n) is 2.21. The van der Waals surface area contributed by atoms with Gasteiger partial charge >= 0.3 is 0 Å². The largest absolute Gasteiger partial charge is 0.389 e. The zero-order chi connectivity index (χ0) is 15.4. The third-order valence-corrected chi connectivity index (χ3v) is 3.83. The van der Waals surface area contributed by atoms with Gasteiger partial charge in [0.2, 0.25) is 0 Å². The molecule has 21 heavy (non-hydrogen) atoms. The molecule has 0 atom stereocenters. The van der Waals surface area contributed by atoms with Crippen molar-refractivity contribution in [2.75, 3.05) is 7.05 Å². The Morgan fingerprint density at radius 3 is 2.67 bits per heavy atom. The zero-order valence-corrected chi connectivity index (χ0v) is 14.0. The van der Waals surface area contributed by atoms with E-state index in [1.165, 1.54) is 17.7 Å². The molecule has 0 unspecified atom stereocenters. The molecule has 0 saturated heterocycles. The Kier molecular flexibility index (Phi) is 5.45. The molecule has 2 rings (SSSR count). The van der Waals surface area contributed by atoms with Gasteiger partial charge in [0, 0.05) is 23.1 Å². The van der Waals surface area contributed by atoms with Gasteiger partial charge in [-0.2, -0.15) is 0 Å². The second kappa shape index (κ2) is 7.11. The Hall–Kier alpha value is -1.30. The van der Waals surface area contributed by atoms with Gasteiger partial charge in [0.15, 0.2) is 0 Å². The topological polar surface area (TPSA) is 29.3 Å². The Morgan fingerprint density at radius 1 is 1.24 bits per heavy atom. The van der Waals surface area contributed by atoms with Gasteiger partial charge in [-0.1, -0.05) is 46.3 Å². The minimum atomic E-state index is -0.323. The van der Waals surface area contributed by atoms with Crippen molar-refractivity contribution in [3.63, 3.8) is 0 Å². The van der Waals surface area contributed by atoms with Crippen LogP contribution in [0.2, 0.25) is 0 Å². The van der Waals surface area contributed by atoms with E-state index < -0.39 is 0 Å². The van der Waals surface area contributed by atoms with Crippen molar-refractivity contribution < 1.29 is 4.39 Å². The molecule has 0 heterocycles. The summed E-state index contributed by atoms with van der Waals surface area (Å²) < 4.78 is 14.4. The van der Waals surface area contributed by atoms with E-state index in [2.05, 4.69) is 33.0 Å². The molecule has 0 bridgehead atoms. The molecule has 0 amide bonds. The number of nitrogens with zero attached hydrogens (tertiary/aromatic N) is 1. The molecule has 110 valence electrons. The molecule has 2 nitrogen and oxygen atoms in total. The van der Waals surface area contributed by atoms with Gasteiger partial charge < -0.3 is 5.73 Å². The van der Waals surface area contributed by atoms with Crippen molar-refractivity contribution in [2.24, 2.45) is 5.73 Å². The van der Waals surface area contributed by atoms with Crippen molar-refractivity contribution in [3.05, 3.63) is 69.4 Å². The van der Waals surface area contributed by atoms with Gasteiger partial charge in [0.1, 0.15) is 10.8 Å². The molecular weight excluding hydrogens is 351 g/mol. The second-order valence-electron chi connectivity index (χ2n) is 4.97. The van der Waals surface area contributed by atoms with Crippen molar-refractivity contribution in [3.8, 4) is 0 Å². The average molecular weight is 367 g/mol. The maximum absolute atomic E-state index is 13.3. The fourth-order valence-corrected chi connectivity index (χ4v) is 2.85. The van der Waals surface area contributed by atoms with Crippen LogP contribution in [0, 0.1) is 5.82 Å². The molecule has 0 aromatic heterocycles. The molecule has 0 fully saturated rings. The van der Waals surface area contributed by atoms with Crippen molar-refractivity contribution >= 4 is 33.1 Å². The normalized spacial score (nSPS) is 10.9. The van der Waals surface area contributed by atoms with Crippen molar-refractivity contribution in [1.82, 2.24) is 4.90 Å². The minimum absolute atomic E-state index is 0.223. The van der Waals surface area contributed by atoms with Crippen LogP contribution in [-0.2, 0) is 13.1 Å². The predicted octanol–water partition coefficient (Wildman–Crippen LogP) is 3.85. The molecule has 0 aliphatic heterocycles. The van der Waals surface area contributed by atoms with Crippen LogP contribution in [0.1, 0.15) is 16.7 Å². The number of halogens is 2. The molecule has 0 radical (unpaired) electrons. The summed E-state index contributed by atoms with van der Waals surface area (Å²) in [5.41, 5.74) is 8.41. The maximum Gasteiger partial charge on any atom is 0.123 e. The van der Waals surface area contributed by atoms with Crippen LogP contribution < -0.4 is 5.73 Å². The van der Waals surface area contributed by atoms with E-state index in [-0.39, 0.29) is 10.8 Å². The van der Waals surface area contributed by atoms with Crippen LogP contribution in [-0.4, -0.2) is 16.9 Å². The summed E-state index contributed by atoms with van der Waals surface area (Å²) in [5.74, 6) is -0.323. The molecule has 5 heteroatoms. The smallest absolute Gasteiger partial charge is 0.123 e. The lowest BCUT2D eigenvalue weighted by Gasteiger charge is -2.19. The van der Waals surface area contributed by atoms with Crippen LogP contribution in [0.3, 0.4) is 0 Å². The summed E-state index contributed by atoms with van der Waals surface area (Å²) in [6, 6.07) is 12.7. The summed E-state index contributed by atoms with van der Waals surface area (Å²) in [6.45, 7) is 1.44. The van der Waals surface area contributed by atoms with E-state index in [0.29, 0.717) is 12.1 Å². The van der Waals surface area contributed by atoms with Crippen LogP contribution >= 0.6 is 28.1 Å². The standard InChI is InChI=1S/C16H16BrFN2S/c1-20(9-11-3-2-4-13(17)7-11)10-12-5-6-14(18)8-15(12)16(19)21/h2-8H,9-10H2,1H3,(H2,19,21). The molecular formula is C16H16BrFN2S. The monoisotopic (exact) mass is 366 g/mol. The molecule has 2 aromatic rings. The third kappa shape index (κ3) is 4.59. The van der Waals surface area contributed by atoms with Gasteiger partial charge in [-0.3, -0.25) is 4.90 Å². The molecule has 0 saturated carbocycles. The summed E-state index contributed by atoms with van der Waals surface area (Å²) in [6.07, 6.45) is 0. The summed E-state index contributed by atoms with van der Waals surface area (Å²) >= 11 is 8.46. The Morgan fingerprint density at radius 2 is 2.00 bits per heavy atom. The minimum Gasteiger partial charge on any atom is -0.389 e. The average Bonchev–Trinajstić information content (AvgIpc) is 2.40. The highest BCUT2D eigenvalue weighted by Crippen LogP contribution is 2.17. The second-order valence-corrected chi connectivity index (χ2v) is 6.32. The van der Waals surface area contributed by atoms with Gasteiger partial charge in [-0.25, -0.2) is 4.39 Å². The fraction of sp³-hybridized carbons (Fsp3) is 0.188. The van der Waals surface area contributed by atoms with Crippen LogP contribution in [0.5, 0.6) is 0 Å². The molecule has 0 aliphatic carbocycles. The zero-order valence-electron chi connectivity index (χ0n) is 11.6. The SMILES string of the molecule is CN(Cc1cccc(Br)c1)Cc1ccc(F)cc1C(N)=S. The summed E-state index contributed by atoms with van der Waals surface area (Å²) in [5, 5.41) is 0. The predicted molar refractivity (Wildman–Crippen MR) is 91.6 cm³/mol. The highest BCUT2D eigenvalue weighted by Gasteiger charge is 2.10. The first kappa shape index (κ1) is 16.1. The number of thiocarbonyl (C=S) groups is 1. The number of hydrogen-bond acceptors (Lipinski definition) is 2. The molecule has 2 N–H and O–H groups in total. The molecule has 2 aromatic carbocycles. The van der Waals surface area contributed by atoms with Crippen molar-refractivity contribution in [1.29, 1.82) is 0 Å². The summed E-state index contributed by atoms with van der Waals surface area (Å²) in [4.78, 5) is 2.36. The van der Waals surface area contributed by atoms with Gasteiger partial charge in [-0.15, -0.1) is 0 Å². The van der Waals surface area contributed by atoms with Crippen LogP contribution in [0.25, 0.3) is 0 Å². The Labute approximate surface area is 137 Å². The van der Waals surface area contributed by atoms with Crippen molar-refractivity contribution in [2.45, 2.75) is 13.1 Å². The lowest BCUT2D eigenvalue weighted by molar-refractivity contribution is 0.318. The van der Waals surface area contributed by atoms with E-state index in [4.69, 9.17) is 18.0 Å². The highest BCUT2D eigenvalue weighted by molar-refractivity contribution is 9.10. The summed E-state index contributed by atoms with van der Waals surface area (Å²) in [7, 11) is 2.01. The highest BCUT2D eigenvalue weighted by atomic mass is 79.9. The Bertz CT molecular complexity index is 660. The molecule has 0 spiro atoms. The van der Waals surface area contributed by atoms with Crippen LogP contribution in [0.4, 0.5) is 4.39 Å². The van der Waals surface area contributed by atoms with E-state index in [1.807, 2.05) is 19.2 Å². The maximum atomic E-state index is 13.3. The first-order valence-corrected chi connectivity index (χ1v) is 7.67. The van der Waals surface area contributed by atoms with Gasteiger partial charge in [-0.05, 0) is 42.4 Å². The van der Waals surface area contributed by atoms with Crippen LogP contribution in [0.15, 0.2) is 46.9 Å². The number of benzene rings is 2. The van der Waals surface area contributed by atoms with E-state index in [1.54, 1.807) is 6.07 Å². The number of nitrogens with two attached hydrogens (primary N) is 1. The third-order valence-electron chi connectivity index (χ3n) is 3.12. The number of rotatable bonds is 5. The first-order chi connectivity index (χ1) is 9.95. The Balaban J connectivity index is 2.12. The van der Waals surface area contributed by atoms with E-state index >= 15 is 0 Å². The number of hydrogen-bond donors (Lipinski definition) is 1. The lowest BCUT2D eigenvalue weighted by atomic mass is 10.1. The quantitative estimate of drug-likeness (QED) is 0.814. The lowest BCUT2D eigenvalue weighted by Crippen LogP contribution is -2.21. The van der Waals surface area contributed by atoms with E-state index in [9.17, 15) is 4.39 Å². The van der Waals surface area contributed by atoms with Gasteiger partial charge in [0.05, 0.1) is 0 Å². The van der Waals surface area contributed by atoms with E-state index in [0.717, 1.165) is 16.6 Å².